The van der Waals surface area contributed by atoms with Crippen molar-refractivity contribution >= 4 is 34.8 Å². The fourth-order valence-corrected chi connectivity index (χ4v) is 3.16. The molecule has 128 valence electrons. The molecule has 25 heavy (non-hydrogen) atoms. The van der Waals surface area contributed by atoms with Crippen LogP contribution in [0.4, 0.5) is 11.4 Å². The van der Waals surface area contributed by atoms with Crippen molar-refractivity contribution < 1.29 is 9.59 Å². The average molecular weight is 355 g/mol. The van der Waals surface area contributed by atoms with Crippen LogP contribution in [-0.2, 0) is 9.59 Å². The van der Waals surface area contributed by atoms with Crippen LogP contribution in [0.3, 0.4) is 0 Å². The van der Waals surface area contributed by atoms with E-state index in [2.05, 4.69) is 5.32 Å². The van der Waals surface area contributed by atoms with Crippen LogP contribution in [0.15, 0.2) is 47.1 Å². The molecule has 0 atom stereocenters. The average Bonchev–Trinajstić information content (AvgIpc) is 2.74. The van der Waals surface area contributed by atoms with Crippen LogP contribution in [0.1, 0.15) is 22.3 Å². The Morgan fingerprint density at radius 3 is 2.20 bits per heavy atom. The van der Waals surface area contributed by atoms with E-state index in [1.54, 1.807) is 12.1 Å². The number of carbonyl (C=O) groups excluding carboxylic acids is 2. The van der Waals surface area contributed by atoms with Crippen molar-refractivity contribution in [3.05, 3.63) is 69.4 Å². The number of halogens is 1. The molecule has 5 heteroatoms. The summed E-state index contributed by atoms with van der Waals surface area (Å²) in [6.45, 7) is 7.78. The molecule has 0 fully saturated rings. The van der Waals surface area contributed by atoms with Gasteiger partial charge in [-0.15, -0.1) is 0 Å². The predicted octanol–water partition coefficient (Wildman–Crippen LogP) is 4.36. The third kappa shape index (κ3) is 3.05. The molecule has 0 radical (unpaired) electrons. The summed E-state index contributed by atoms with van der Waals surface area (Å²) in [5.41, 5.74) is 5.44. The topological polar surface area (TPSA) is 49.4 Å². The van der Waals surface area contributed by atoms with Gasteiger partial charge in [0, 0.05) is 5.69 Å². The van der Waals surface area contributed by atoms with Crippen molar-refractivity contribution in [2.75, 3.05) is 10.2 Å². The molecule has 0 saturated carbocycles. The van der Waals surface area contributed by atoms with Gasteiger partial charge in [0.2, 0.25) is 0 Å². The molecule has 2 aromatic rings. The van der Waals surface area contributed by atoms with E-state index in [0.717, 1.165) is 32.8 Å². The quantitative estimate of drug-likeness (QED) is 0.833. The number of hydrogen-bond acceptors (Lipinski definition) is 3. The van der Waals surface area contributed by atoms with Gasteiger partial charge in [0.05, 0.1) is 5.69 Å². The highest BCUT2D eigenvalue weighted by molar-refractivity contribution is 6.53. The number of anilines is 2. The summed E-state index contributed by atoms with van der Waals surface area (Å²) < 4.78 is 0. The van der Waals surface area contributed by atoms with Crippen LogP contribution < -0.4 is 10.2 Å². The first-order valence-corrected chi connectivity index (χ1v) is 8.37. The Labute approximate surface area is 152 Å². The number of imide groups is 1. The second-order valence-electron chi connectivity index (χ2n) is 6.35. The normalized spacial score (nSPS) is 14.5. The van der Waals surface area contributed by atoms with E-state index in [1.807, 2.05) is 52.0 Å². The molecular formula is C20H19ClN2O2. The van der Waals surface area contributed by atoms with Crippen molar-refractivity contribution in [3.8, 4) is 0 Å². The largest absolute Gasteiger partial charge is 0.349 e. The smallest absolute Gasteiger partial charge is 0.283 e. The summed E-state index contributed by atoms with van der Waals surface area (Å²) >= 11 is 6.19. The zero-order valence-corrected chi connectivity index (χ0v) is 15.4. The number of amides is 2. The number of aryl methyl sites for hydroxylation is 3. The molecule has 1 N–H and O–H groups in total. The second kappa shape index (κ2) is 6.37. The first kappa shape index (κ1) is 17.2. The highest BCUT2D eigenvalue weighted by atomic mass is 35.5. The molecule has 1 heterocycles. The van der Waals surface area contributed by atoms with Crippen molar-refractivity contribution in [3.63, 3.8) is 0 Å². The van der Waals surface area contributed by atoms with Gasteiger partial charge in [-0.3, -0.25) is 9.59 Å². The molecule has 2 aromatic carbocycles. The minimum Gasteiger partial charge on any atom is -0.349 e. The summed E-state index contributed by atoms with van der Waals surface area (Å²) in [6.07, 6.45) is 0. The third-order valence-corrected chi connectivity index (χ3v) is 4.71. The van der Waals surface area contributed by atoms with Crippen LogP contribution in [0.2, 0.25) is 0 Å². The third-order valence-electron chi connectivity index (χ3n) is 4.36. The monoisotopic (exact) mass is 354 g/mol. The van der Waals surface area contributed by atoms with Gasteiger partial charge < -0.3 is 5.32 Å². The van der Waals surface area contributed by atoms with Gasteiger partial charge in [0.15, 0.2) is 0 Å². The summed E-state index contributed by atoms with van der Waals surface area (Å²) in [6, 6.07) is 11.3. The van der Waals surface area contributed by atoms with Crippen LogP contribution >= 0.6 is 11.6 Å². The number of benzene rings is 2. The standard InChI is InChI=1S/C20H19ClN2O2/c1-11-8-12(2)10-15(9-11)23-19(24)17(21)18(20(23)25)22-16-7-5-6-13(3)14(16)4/h5-10,22H,1-4H3. The van der Waals surface area contributed by atoms with E-state index in [9.17, 15) is 9.59 Å². The summed E-state index contributed by atoms with van der Waals surface area (Å²) in [5, 5.41) is 2.95. The lowest BCUT2D eigenvalue weighted by Crippen LogP contribution is -2.32. The molecule has 0 bridgehead atoms. The van der Waals surface area contributed by atoms with Gasteiger partial charge in [-0.25, -0.2) is 4.90 Å². The van der Waals surface area contributed by atoms with Gasteiger partial charge >= 0.3 is 0 Å². The Bertz CT molecular complexity index is 911. The molecule has 0 spiro atoms. The lowest BCUT2D eigenvalue weighted by molar-refractivity contribution is -0.120. The number of carbonyl (C=O) groups is 2. The number of hydrogen-bond donors (Lipinski definition) is 1. The Hall–Kier alpha value is -2.59. The summed E-state index contributed by atoms with van der Waals surface area (Å²) in [7, 11) is 0. The minimum atomic E-state index is -0.510. The van der Waals surface area contributed by atoms with Crippen molar-refractivity contribution in [2.45, 2.75) is 27.7 Å². The lowest BCUT2D eigenvalue weighted by atomic mass is 10.1. The van der Waals surface area contributed by atoms with Crippen LogP contribution in [0, 0.1) is 27.7 Å². The van der Waals surface area contributed by atoms with Gasteiger partial charge in [-0.05, 0) is 68.1 Å². The first-order valence-electron chi connectivity index (χ1n) is 7.99. The Kier molecular flexibility index (Phi) is 4.39. The van der Waals surface area contributed by atoms with Crippen LogP contribution in [0.25, 0.3) is 0 Å². The number of nitrogens with zero attached hydrogens (tertiary/aromatic N) is 1. The molecule has 4 nitrogen and oxygen atoms in total. The Morgan fingerprint density at radius 2 is 1.56 bits per heavy atom. The first-order chi connectivity index (χ1) is 11.8. The van der Waals surface area contributed by atoms with E-state index >= 15 is 0 Å². The predicted molar refractivity (Wildman–Crippen MR) is 101 cm³/mol. The fourth-order valence-electron chi connectivity index (χ4n) is 2.95. The Balaban J connectivity index is 1.98. The van der Waals surface area contributed by atoms with E-state index in [-0.39, 0.29) is 10.7 Å². The van der Waals surface area contributed by atoms with Gasteiger partial charge in [-0.2, -0.15) is 0 Å². The lowest BCUT2D eigenvalue weighted by Gasteiger charge is -2.17. The minimum absolute atomic E-state index is 0.0925. The van der Waals surface area contributed by atoms with Gasteiger partial charge in [0.25, 0.3) is 11.8 Å². The molecule has 0 aliphatic carbocycles. The molecular weight excluding hydrogens is 336 g/mol. The zero-order valence-electron chi connectivity index (χ0n) is 14.6. The maximum atomic E-state index is 12.9. The summed E-state index contributed by atoms with van der Waals surface area (Å²) in [5.74, 6) is -0.953. The van der Waals surface area contributed by atoms with E-state index in [4.69, 9.17) is 11.6 Å². The van der Waals surface area contributed by atoms with Crippen molar-refractivity contribution in [1.82, 2.24) is 0 Å². The van der Waals surface area contributed by atoms with Crippen LogP contribution in [0.5, 0.6) is 0 Å². The second-order valence-corrected chi connectivity index (χ2v) is 6.73. The van der Waals surface area contributed by atoms with Crippen molar-refractivity contribution in [1.29, 1.82) is 0 Å². The molecule has 3 rings (SSSR count). The molecule has 0 aromatic heterocycles. The van der Waals surface area contributed by atoms with Crippen molar-refractivity contribution in [2.24, 2.45) is 0 Å². The van der Waals surface area contributed by atoms with E-state index < -0.39 is 11.8 Å². The molecule has 1 aliphatic rings. The number of rotatable bonds is 3. The maximum Gasteiger partial charge on any atom is 0.283 e. The molecule has 2 amide bonds. The molecule has 1 aliphatic heterocycles. The highest BCUT2D eigenvalue weighted by Gasteiger charge is 2.39. The summed E-state index contributed by atoms with van der Waals surface area (Å²) in [4.78, 5) is 26.5. The van der Waals surface area contributed by atoms with E-state index in [0.29, 0.717) is 5.69 Å². The highest BCUT2D eigenvalue weighted by Crippen LogP contribution is 2.32. The molecule has 0 saturated heterocycles. The zero-order chi connectivity index (χ0) is 18.3. The van der Waals surface area contributed by atoms with E-state index in [1.165, 1.54) is 0 Å². The SMILES string of the molecule is Cc1cc(C)cc(N2C(=O)C(Cl)=C(Nc3cccc(C)c3C)C2=O)c1. The van der Waals surface area contributed by atoms with Crippen LogP contribution in [-0.4, -0.2) is 11.8 Å². The Morgan fingerprint density at radius 1 is 0.920 bits per heavy atom. The molecule has 0 unspecified atom stereocenters. The van der Waals surface area contributed by atoms with Gasteiger partial charge in [-0.1, -0.05) is 29.8 Å². The maximum absolute atomic E-state index is 12.9. The number of nitrogens with one attached hydrogen (secondary N) is 1. The fraction of sp³-hybridized carbons (Fsp3) is 0.200. The van der Waals surface area contributed by atoms with Gasteiger partial charge in [0.1, 0.15) is 10.7 Å².